The number of piperidine rings is 2. The van der Waals surface area contributed by atoms with Gasteiger partial charge in [0.15, 0.2) is 0 Å². The third kappa shape index (κ3) is 2.53. The second kappa shape index (κ2) is 6.10. The highest BCUT2D eigenvalue weighted by Crippen LogP contribution is 2.51. The lowest BCUT2D eigenvalue weighted by Gasteiger charge is -2.52. The number of fused-ring (bicyclic) bond motifs is 2. The van der Waals surface area contributed by atoms with Crippen LogP contribution in [0.5, 0.6) is 0 Å². The normalized spacial score (nSPS) is 38.2. The average Bonchev–Trinajstić information content (AvgIpc) is 2.98. The fraction of sp³-hybridized carbons (Fsp3) is 0.667. The van der Waals surface area contributed by atoms with E-state index < -0.39 is 0 Å². The van der Waals surface area contributed by atoms with Gasteiger partial charge in [0.25, 0.3) is 0 Å². The topological polar surface area (TPSA) is 32.8 Å². The van der Waals surface area contributed by atoms with E-state index >= 15 is 0 Å². The van der Waals surface area contributed by atoms with Crippen LogP contribution in [0.1, 0.15) is 50.5 Å². The molecule has 134 valence electrons. The molecule has 25 heavy (non-hydrogen) atoms. The van der Waals surface area contributed by atoms with Crippen LogP contribution < -0.4 is 0 Å². The maximum absolute atomic E-state index is 12.8. The molecule has 3 aliphatic heterocycles. The maximum atomic E-state index is 12.8. The van der Waals surface area contributed by atoms with Gasteiger partial charge in [0.1, 0.15) is 5.72 Å². The van der Waals surface area contributed by atoms with Gasteiger partial charge in [-0.15, -0.1) is 0 Å². The third-order valence-electron chi connectivity index (χ3n) is 6.89. The molecule has 1 amide bonds. The van der Waals surface area contributed by atoms with E-state index in [1.807, 2.05) is 0 Å². The lowest BCUT2D eigenvalue weighted by Crippen LogP contribution is -2.64. The minimum absolute atomic E-state index is 0.289. The van der Waals surface area contributed by atoms with Crippen molar-refractivity contribution >= 4 is 5.91 Å². The van der Waals surface area contributed by atoms with Crippen LogP contribution >= 0.6 is 0 Å². The SMILES string of the molecule is O=C1CCC2CN(Cc3ccccc3)CCC23OC2CCCCC2N13. The van der Waals surface area contributed by atoms with Crippen LogP contribution in [-0.4, -0.2) is 46.7 Å². The second-order valence-electron chi connectivity index (χ2n) is 8.32. The van der Waals surface area contributed by atoms with Crippen molar-refractivity contribution in [2.45, 2.75) is 69.4 Å². The molecule has 1 aromatic carbocycles. The number of amides is 1. The molecule has 1 aliphatic carbocycles. The molecule has 4 heteroatoms. The van der Waals surface area contributed by atoms with Gasteiger partial charge in [-0.3, -0.25) is 9.69 Å². The fourth-order valence-corrected chi connectivity index (χ4v) is 5.77. The Labute approximate surface area is 150 Å². The van der Waals surface area contributed by atoms with Crippen molar-refractivity contribution in [3.05, 3.63) is 35.9 Å². The van der Waals surface area contributed by atoms with Crippen LogP contribution in [-0.2, 0) is 16.1 Å². The van der Waals surface area contributed by atoms with E-state index in [0.717, 1.165) is 45.3 Å². The third-order valence-corrected chi connectivity index (χ3v) is 6.89. The number of benzene rings is 1. The molecule has 4 unspecified atom stereocenters. The largest absolute Gasteiger partial charge is 0.350 e. The molecular formula is C21H28N2O2. The molecule has 0 bridgehead atoms. The lowest BCUT2D eigenvalue weighted by atomic mass is 9.79. The van der Waals surface area contributed by atoms with Crippen molar-refractivity contribution in [1.82, 2.24) is 9.80 Å². The van der Waals surface area contributed by atoms with E-state index in [-0.39, 0.29) is 5.72 Å². The first-order valence-electron chi connectivity index (χ1n) is 10.0. The second-order valence-corrected chi connectivity index (χ2v) is 8.32. The van der Waals surface area contributed by atoms with E-state index in [0.29, 0.717) is 30.4 Å². The number of rotatable bonds is 2. The number of carbonyl (C=O) groups excluding carboxylic acids is 1. The first-order valence-corrected chi connectivity index (χ1v) is 10.0. The van der Waals surface area contributed by atoms with E-state index in [1.165, 1.54) is 18.4 Å². The van der Waals surface area contributed by atoms with E-state index in [1.54, 1.807) is 0 Å². The highest BCUT2D eigenvalue weighted by Gasteiger charge is 2.61. The summed E-state index contributed by atoms with van der Waals surface area (Å²) < 4.78 is 6.71. The smallest absolute Gasteiger partial charge is 0.225 e. The molecule has 4 nitrogen and oxygen atoms in total. The molecule has 4 atom stereocenters. The Morgan fingerprint density at radius 1 is 1.12 bits per heavy atom. The Balaban J connectivity index is 1.37. The van der Waals surface area contributed by atoms with Gasteiger partial charge >= 0.3 is 0 Å². The maximum Gasteiger partial charge on any atom is 0.225 e. The Morgan fingerprint density at radius 3 is 2.84 bits per heavy atom. The quantitative estimate of drug-likeness (QED) is 0.829. The highest BCUT2D eigenvalue weighted by molar-refractivity contribution is 5.79. The van der Waals surface area contributed by atoms with Crippen LogP contribution in [0.2, 0.25) is 0 Å². The molecule has 0 radical (unpaired) electrons. The Hall–Kier alpha value is -1.39. The molecule has 5 rings (SSSR count). The molecule has 1 saturated carbocycles. The van der Waals surface area contributed by atoms with Crippen LogP contribution in [0.25, 0.3) is 0 Å². The molecule has 1 spiro atoms. The minimum atomic E-state index is -0.289. The Morgan fingerprint density at radius 2 is 1.96 bits per heavy atom. The van der Waals surface area contributed by atoms with Gasteiger partial charge in [0.2, 0.25) is 5.91 Å². The van der Waals surface area contributed by atoms with Crippen LogP contribution in [0, 0.1) is 5.92 Å². The van der Waals surface area contributed by atoms with Gasteiger partial charge in [0.05, 0.1) is 12.1 Å². The number of nitrogens with zero attached hydrogens (tertiary/aromatic N) is 2. The summed E-state index contributed by atoms with van der Waals surface area (Å²) in [5.74, 6) is 0.815. The zero-order chi connectivity index (χ0) is 16.9. The molecule has 1 aromatic rings. The van der Waals surface area contributed by atoms with Crippen molar-refractivity contribution in [3.8, 4) is 0 Å². The first-order chi connectivity index (χ1) is 12.3. The zero-order valence-corrected chi connectivity index (χ0v) is 14.9. The minimum Gasteiger partial charge on any atom is -0.350 e. The molecule has 0 N–H and O–H groups in total. The summed E-state index contributed by atoms with van der Waals surface area (Å²) >= 11 is 0. The summed E-state index contributed by atoms with van der Waals surface area (Å²) in [4.78, 5) is 17.6. The van der Waals surface area contributed by atoms with Gasteiger partial charge in [-0.1, -0.05) is 43.2 Å². The summed E-state index contributed by atoms with van der Waals surface area (Å²) in [6.07, 6.45) is 7.73. The summed E-state index contributed by atoms with van der Waals surface area (Å²) in [7, 11) is 0. The number of carbonyl (C=O) groups is 1. The highest BCUT2D eigenvalue weighted by atomic mass is 16.5. The van der Waals surface area contributed by atoms with Crippen molar-refractivity contribution in [2.75, 3.05) is 13.1 Å². The fourth-order valence-electron chi connectivity index (χ4n) is 5.77. The number of hydrogen-bond acceptors (Lipinski definition) is 3. The Kier molecular flexibility index (Phi) is 3.86. The lowest BCUT2D eigenvalue weighted by molar-refractivity contribution is -0.198. The van der Waals surface area contributed by atoms with Crippen LogP contribution in [0.15, 0.2) is 30.3 Å². The van der Waals surface area contributed by atoms with Gasteiger partial charge in [-0.05, 0) is 24.8 Å². The summed E-state index contributed by atoms with van der Waals surface area (Å²) in [6, 6.07) is 11.1. The predicted molar refractivity (Wildman–Crippen MR) is 95.8 cm³/mol. The van der Waals surface area contributed by atoms with Crippen molar-refractivity contribution < 1.29 is 9.53 Å². The van der Waals surface area contributed by atoms with E-state index in [4.69, 9.17) is 4.74 Å². The van der Waals surface area contributed by atoms with Gasteiger partial charge in [-0.25, -0.2) is 0 Å². The summed E-state index contributed by atoms with van der Waals surface area (Å²) in [6.45, 7) is 3.08. The van der Waals surface area contributed by atoms with Gasteiger partial charge in [-0.2, -0.15) is 0 Å². The molecule has 4 fully saturated rings. The Bertz CT molecular complexity index is 649. The molecule has 0 aromatic heterocycles. The number of hydrogen-bond donors (Lipinski definition) is 0. The molecular weight excluding hydrogens is 312 g/mol. The van der Waals surface area contributed by atoms with Crippen molar-refractivity contribution in [3.63, 3.8) is 0 Å². The standard InChI is InChI=1S/C21H28N2O2/c24-20-11-10-17-15-22(14-16-6-2-1-3-7-16)13-12-21(17)23(20)18-8-4-5-9-19(18)25-21/h1-3,6-7,17-19H,4-5,8-15H2. The number of likely N-dealkylation sites (tertiary alicyclic amines) is 1. The molecule has 3 heterocycles. The molecule has 4 aliphatic rings. The van der Waals surface area contributed by atoms with E-state index in [9.17, 15) is 4.79 Å². The zero-order valence-electron chi connectivity index (χ0n) is 14.9. The van der Waals surface area contributed by atoms with E-state index in [2.05, 4.69) is 40.1 Å². The summed E-state index contributed by atoms with van der Waals surface area (Å²) in [5, 5.41) is 0. The predicted octanol–water partition coefficient (Wildman–Crippen LogP) is 3.17. The van der Waals surface area contributed by atoms with Crippen LogP contribution in [0.3, 0.4) is 0 Å². The van der Waals surface area contributed by atoms with Gasteiger partial charge in [0, 0.05) is 38.4 Å². The van der Waals surface area contributed by atoms with Crippen molar-refractivity contribution in [1.29, 1.82) is 0 Å². The monoisotopic (exact) mass is 340 g/mol. The number of ether oxygens (including phenoxy) is 1. The first kappa shape index (κ1) is 15.8. The van der Waals surface area contributed by atoms with Crippen molar-refractivity contribution in [2.24, 2.45) is 5.92 Å². The molecule has 3 saturated heterocycles. The van der Waals surface area contributed by atoms with Crippen LogP contribution in [0.4, 0.5) is 0 Å². The summed E-state index contributed by atoms with van der Waals surface area (Å²) in [5.41, 5.74) is 1.09. The van der Waals surface area contributed by atoms with Gasteiger partial charge < -0.3 is 9.64 Å². The average molecular weight is 340 g/mol.